The second kappa shape index (κ2) is 11.5. The third-order valence-electron chi connectivity index (χ3n) is 6.18. The first-order valence-corrected chi connectivity index (χ1v) is 14.3. The standard InChI is InChI=1S/C25H36IN2O4/c1-4-13-25(17-27-24(31)32-25)14-8-11-20(29)16-21-23(30)28(15-12-18(2)3)22(26-21)19-9-6-5-7-10-19/h5-7,9-10,18,21-22H,4,8,11-17H2,1-3H3,(H,27,31)/q-1. The minimum absolute atomic E-state index is 0.130. The second-order valence-corrected chi connectivity index (χ2v) is 12.7. The number of hydrogen-bond acceptors (Lipinski definition) is 4. The van der Waals surface area contributed by atoms with Gasteiger partial charge in [-0.2, -0.15) is 0 Å². The minimum atomic E-state index is -0.486. The van der Waals surface area contributed by atoms with Crippen LogP contribution in [0.2, 0.25) is 0 Å². The maximum atomic E-state index is 13.2. The van der Waals surface area contributed by atoms with Crippen LogP contribution in [0.5, 0.6) is 0 Å². The predicted molar refractivity (Wildman–Crippen MR) is 120 cm³/mol. The number of nitrogens with one attached hydrogen (secondary N) is 1. The monoisotopic (exact) mass is 555 g/mol. The Hall–Kier alpha value is -1.64. The van der Waals surface area contributed by atoms with Gasteiger partial charge in [0.05, 0.1) is 0 Å². The molecule has 32 heavy (non-hydrogen) atoms. The van der Waals surface area contributed by atoms with Crippen LogP contribution in [0.3, 0.4) is 0 Å². The Morgan fingerprint density at radius 2 is 2.00 bits per heavy atom. The van der Waals surface area contributed by atoms with Crippen LogP contribution in [0.1, 0.15) is 75.3 Å². The van der Waals surface area contributed by atoms with Gasteiger partial charge < -0.3 is 0 Å². The predicted octanol–water partition coefficient (Wildman–Crippen LogP) is 1.44. The molecule has 0 bridgehead atoms. The van der Waals surface area contributed by atoms with Gasteiger partial charge in [-0.3, -0.25) is 0 Å². The molecule has 1 aromatic carbocycles. The van der Waals surface area contributed by atoms with Crippen molar-refractivity contribution in [3.05, 3.63) is 35.9 Å². The van der Waals surface area contributed by atoms with Crippen LogP contribution < -0.4 is 26.5 Å². The van der Waals surface area contributed by atoms with Gasteiger partial charge in [-0.1, -0.05) is 0 Å². The normalized spacial score (nSPS) is 25.6. The van der Waals surface area contributed by atoms with Crippen LogP contribution in [0.15, 0.2) is 30.3 Å². The molecule has 2 amide bonds. The van der Waals surface area contributed by atoms with E-state index in [1.807, 2.05) is 23.1 Å². The van der Waals surface area contributed by atoms with Crippen molar-refractivity contribution >= 4 is 17.8 Å². The molecule has 6 nitrogen and oxygen atoms in total. The fraction of sp³-hybridized carbons (Fsp3) is 0.640. The summed E-state index contributed by atoms with van der Waals surface area (Å²) in [7, 11) is 0. The van der Waals surface area contributed by atoms with Crippen LogP contribution in [-0.4, -0.2) is 45.3 Å². The summed E-state index contributed by atoms with van der Waals surface area (Å²) in [6, 6.07) is 10.3. The zero-order valence-corrected chi connectivity index (χ0v) is 21.6. The molecule has 0 spiro atoms. The summed E-state index contributed by atoms with van der Waals surface area (Å²) < 4.78 is 5.56. The third kappa shape index (κ3) is 6.45. The Labute approximate surface area is 202 Å². The van der Waals surface area contributed by atoms with Crippen LogP contribution >= 0.6 is 0 Å². The number of benzene rings is 1. The summed E-state index contributed by atoms with van der Waals surface area (Å²) in [4.78, 5) is 39.6. The van der Waals surface area contributed by atoms with Gasteiger partial charge in [0.15, 0.2) is 0 Å². The molecule has 3 rings (SSSR count). The van der Waals surface area contributed by atoms with E-state index in [0.717, 1.165) is 25.8 Å². The van der Waals surface area contributed by atoms with Gasteiger partial charge in [0, 0.05) is 0 Å². The Morgan fingerprint density at radius 1 is 1.25 bits per heavy atom. The van der Waals surface area contributed by atoms with Crippen molar-refractivity contribution in [3.8, 4) is 0 Å². The number of alkyl carbamates (subject to hydrolysis) is 1. The van der Waals surface area contributed by atoms with Crippen LogP contribution in [-0.2, 0) is 14.3 Å². The van der Waals surface area contributed by atoms with E-state index < -0.39 is 26.8 Å². The Balaban J connectivity index is 1.56. The number of ketones is 1. The second-order valence-electron chi connectivity index (χ2n) is 9.33. The first-order chi connectivity index (χ1) is 15.3. The fourth-order valence-electron chi connectivity index (χ4n) is 4.45. The molecule has 0 aliphatic carbocycles. The molecule has 3 atom stereocenters. The number of carbonyl (C=O) groups is 3. The van der Waals surface area contributed by atoms with E-state index in [0.29, 0.717) is 38.1 Å². The molecular formula is C25H36IN2O4-. The van der Waals surface area contributed by atoms with Crippen LogP contribution in [0.4, 0.5) is 4.79 Å². The molecule has 1 aromatic rings. The van der Waals surface area contributed by atoms with Crippen molar-refractivity contribution in [2.45, 2.75) is 79.3 Å². The Morgan fingerprint density at radius 3 is 2.62 bits per heavy atom. The summed E-state index contributed by atoms with van der Waals surface area (Å²) in [5.74, 6) is 0.856. The fourth-order valence-corrected chi connectivity index (χ4v) is 8.45. The first kappa shape index (κ1) is 25.0. The average molecular weight is 555 g/mol. The molecule has 2 fully saturated rings. The van der Waals surface area contributed by atoms with Gasteiger partial charge in [0.25, 0.3) is 0 Å². The van der Waals surface area contributed by atoms with Gasteiger partial charge in [-0.25, -0.2) is 0 Å². The summed E-state index contributed by atoms with van der Waals surface area (Å²) >= 11 is -0.486. The Bertz CT molecular complexity index is 800. The maximum absolute atomic E-state index is 13.2. The molecule has 3 unspecified atom stereocenters. The molecule has 1 N–H and O–H groups in total. The summed E-state index contributed by atoms with van der Waals surface area (Å²) in [5, 5.41) is 2.75. The quantitative estimate of drug-likeness (QED) is 0.241. The van der Waals surface area contributed by atoms with Gasteiger partial charge in [0.1, 0.15) is 0 Å². The molecule has 2 heterocycles. The SMILES string of the molecule is CCCC1(CCCC(=O)CC2[I-]C(c3ccccc3)N(CCC(C)C)C2=O)CNC(=O)O1. The van der Waals surface area contributed by atoms with Crippen molar-refractivity contribution in [2.24, 2.45) is 5.92 Å². The molecule has 178 valence electrons. The van der Waals surface area contributed by atoms with Crippen molar-refractivity contribution in [1.82, 2.24) is 10.2 Å². The van der Waals surface area contributed by atoms with Crippen molar-refractivity contribution in [3.63, 3.8) is 0 Å². The molecule has 0 aromatic heterocycles. The average Bonchev–Trinajstić information content (AvgIpc) is 3.27. The van der Waals surface area contributed by atoms with Gasteiger partial charge in [0.2, 0.25) is 0 Å². The zero-order chi connectivity index (χ0) is 23.1. The van der Waals surface area contributed by atoms with Crippen molar-refractivity contribution < 1.29 is 40.3 Å². The summed E-state index contributed by atoms with van der Waals surface area (Å²) in [6.45, 7) is 7.71. The van der Waals surface area contributed by atoms with Crippen LogP contribution in [0, 0.1) is 5.92 Å². The number of rotatable bonds is 12. The van der Waals surface area contributed by atoms with E-state index in [9.17, 15) is 14.4 Å². The number of amides is 2. The Kier molecular flexibility index (Phi) is 8.96. The van der Waals surface area contributed by atoms with E-state index in [2.05, 4.69) is 38.2 Å². The number of ether oxygens (including phenoxy) is 1. The number of alkyl halides is 2. The topological polar surface area (TPSA) is 75.7 Å². The van der Waals surface area contributed by atoms with E-state index in [1.54, 1.807) is 0 Å². The molecular weight excluding hydrogens is 519 g/mol. The number of cyclic esters (lactones) is 1. The number of halogens is 1. The number of Topliss-reactive ketones (excluding diaryl/α,β-unsaturated/α-hetero) is 1. The zero-order valence-electron chi connectivity index (χ0n) is 19.4. The van der Waals surface area contributed by atoms with E-state index in [-0.39, 0.29) is 25.8 Å². The molecule has 2 aliphatic heterocycles. The molecule has 7 heteroatoms. The molecule has 2 saturated heterocycles. The molecule has 0 radical (unpaired) electrons. The molecule has 0 saturated carbocycles. The van der Waals surface area contributed by atoms with E-state index in [4.69, 9.17) is 4.74 Å². The summed E-state index contributed by atoms with van der Waals surface area (Å²) in [6.07, 6.45) is 4.52. The van der Waals surface area contributed by atoms with Crippen molar-refractivity contribution in [1.29, 1.82) is 0 Å². The van der Waals surface area contributed by atoms with E-state index in [1.165, 1.54) is 5.56 Å². The van der Waals surface area contributed by atoms with Gasteiger partial charge in [-0.15, -0.1) is 0 Å². The van der Waals surface area contributed by atoms with Gasteiger partial charge >= 0.3 is 203 Å². The molecule has 2 aliphatic rings. The number of nitrogens with zero attached hydrogens (tertiary/aromatic N) is 1. The van der Waals surface area contributed by atoms with E-state index >= 15 is 0 Å². The first-order valence-electron chi connectivity index (χ1n) is 11.8. The van der Waals surface area contributed by atoms with Crippen molar-refractivity contribution in [2.75, 3.05) is 13.1 Å². The number of hydrogen-bond donors (Lipinski definition) is 1. The third-order valence-corrected chi connectivity index (χ3v) is 10.1. The summed E-state index contributed by atoms with van der Waals surface area (Å²) in [5.41, 5.74) is 0.721. The van der Waals surface area contributed by atoms with Gasteiger partial charge in [-0.05, 0) is 0 Å². The van der Waals surface area contributed by atoms with Crippen LogP contribution in [0.25, 0.3) is 0 Å². The number of carbonyl (C=O) groups excluding carboxylic acids is 3.